The van der Waals surface area contributed by atoms with Gasteiger partial charge in [0.15, 0.2) is 11.0 Å². The van der Waals surface area contributed by atoms with Crippen LogP contribution in [-0.2, 0) is 4.79 Å². The Morgan fingerprint density at radius 2 is 1.79 bits per heavy atom. The zero-order valence-corrected chi connectivity index (χ0v) is 16.4. The molecule has 1 aromatic carbocycles. The van der Waals surface area contributed by atoms with E-state index in [1.807, 2.05) is 47.0 Å². The first-order chi connectivity index (χ1) is 13.8. The number of hydrogen-bond donors (Lipinski definition) is 1. The van der Waals surface area contributed by atoms with Gasteiger partial charge in [0.25, 0.3) is 0 Å². The summed E-state index contributed by atoms with van der Waals surface area (Å²) in [7, 11) is 0. The molecule has 1 N–H and O–H groups in total. The van der Waals surface area contributed by atoms with Gasteiger partial charge in [-0.1, -0.05) is 49.2 Å². The highest BCUT2D eigenvalue weighted by molar-refractivity contribution is 7.99. The van der Waals surface area contributed by atoms with Gasteiger partial charge in [0, 0.05) is 29.7 Å². The average molecular weight is 394 g/mol. The Bertz CT molecular complexity index is 907. The fourth-order valence-corrected chi connectivity index (χ4v) is 4.27. The summed E-state index contributed by atoms with van der Waals surface area (Å²) in [6.07, 6.45) is 9.34. The second-order valence-electron chi connectivity index (χ2n) is 6.90. The Labute approximate surface area is 168 Å². The number of pyridine rings is 1. The van der Waals surface area contributed by atoms with Gasteiger partial charge in [0.1, 0.15) is 0 Å². The first kappa shape index (κ1) is 18.7. The minimum absolute atomic E-state index is 0.0602. The van der Waals surface area contributed by atoms with E-state index >= 15 is 0 Å². The van der Waals surface area contributed by atoms with Crippen molar-refractivity contribution in [3.8, 4) is 17.1 Å². The van der Waals surface area contributed by atoms with E-state index in [9.17, 15) is 4.79 Å². The van der Waals surface area contributed by atoms with Crippen molar-refractivity contribution in [2.75, 3.05) is 5.75 Å². The van der Waals surface area contributed by atoms with Crippen LogP contribution in [0, 0.1) is 0 Å². The summed E-state index contributed by atoms with van der Waals surface area (Å²) in [6, 6.07) is 14.1. The van der Waals surface area contributed by atoms with Crippen molar-refractivity contribution in [1.29, 1.82) is 0 Å². The molecule has 3 aromatic rings. The molecule has 0 saturated heterocycles. The molecular weight excluding hydrogens is 370 g/mol. The van der Waals surface area contributed by atoms with Gasteiger partial charge >= 0.3 is 0 Å². The maximum Gasteiger partial charge on any atom is 0.230 e. The fourth-order valence-electron chi connectivity index (χ4n) is 3.51. The third-order valence-corrected chi connectivity index (χ3v) is 5.82. The Balaban J connectivity index is 1.53. The van der Waals surface area contributed by atoms with Crippen molar-refractivity contribution in [2.45, 2.75) is 43.3 Å². The van der Waals surface area contributed by atoms with Gasteiger partial charge in [-0.2, -0.15) is 0 Å². The number of rotatable bonds is 6. The van der Waals surface area contributed by atoms with E-state index in [1.165, 1.54) is 31.0 Å². The summed E-state index contributed by atoms with van der Waals surface area (Å²) < 4.78 is 1.99. The van der Waals surface area contributed by atoms with Crippen LogP contribution in [0.5, 0.6) is 0 Å². The zero-order valence-electron chi connectivity index (χ0n) is 15.6. The van der Waals surface area contributed by atoms with Gasteiger partial charge in [0.05, 0.1) is 5.75 Å². The topological polar surface area (TPSA) is 72.7 Å². The van der Waals surface area contributed by atoms with E-state index in [1.54, 1.807) is 12.4 Å². The number of benzene rings is 1. The van der Waals surface area contributed by atoms with Crippen molar-refractivity contribution < 1.29 is 4.79 Å². The molecule has 0 aliphatic heterocycles. The summed E-state index contributed by atoms with van der Waals surface area (Å²) in [5.41, 5.74) is 1.90. The number of hydrogen-bond acceptors (Lipinski definition) is 5. The van der Waals surface area contributed by atoms with Crippen LogP contribution < -0.4 is 5.32 Å². The van der Waals surface area contributed by atoms with Crippen molar-refractivity contribution in [3.63, 3.8) is 0 Å². The molecule has 0 radical (unpaired) electrons. The van der Waals surface area contributed by atoms with Crippen LogP contribution in [0.1, 0.15) is 32.1 Å². The number of carbonyl (C=O) groups is 1. The summed E-state index contributed by atoms with van der Waals surface area (Å²) in [5, 5.41) is 12.6. The number of nitrogens with zero attached hydrogens (tertiary/aromatic N) is 4. The van der Waals surface area contributed by atoms with E-state index in [4.69, 9.17) is 0 Å². The van der Waals surface area contributed by atoms with Crippen LogP contribution in [0.15, 0.2) is 60.0 Å². The number of nitrogens with one attached hydrogen (secondary N) is 1. The molecule has 2 heterocycles. The molecule has 28 heavy (non-hydrogen) atoms. The van der Waals surface area contributed by atoms with E-state index in [0.717, 1.165) is 29.9 Å². The Kier molecular flexibility index (Phi) is 6.01. The maximum atomic E-state index is 12.4. The summed E-state index contributed by atoms with van der Waals surface area (Å²) in [6.45, 7) is 0. The largest absolute Gasteiger partial charge is 0.353 e. The quantitative estimate of drug-likeness (QED) is 0.644. The van der Waals surface area contributed by atoms with Crippen molar-refractivity contribution in [3.05, 3.63) is 54.9 Å². The molecule has 1 aliphatic carbocycles. The second-order valence-corrected chi connectivity index (χ2v) is 7.85. The van der Waals surface area contributed by atoms with Crippen LogP contribution in [0.4, 0.5) is 0 Å². The summed E-state index contributed by atoms with van der Waals surface area (Å²) in [5.74, 6) is 1.13. The lowest BCUT2D eigenvalue weighted by Gasteiger charge is -2.22. The van der Waals surface area contributed by atoms with Gasteiger partial charge in [-0.05, 0) is 37.1 Å². The molecule has 0 bridgehead atoms. The molecule has 7 heteroatoms. The van der Waals surface area contributed by atoms with Crippen LogP contribution >= 0.6 is 11.8 Å². The number of para-hydroxylation sites is 1. The maximum absolute atomic E-state index is 12.4. The monoisotopic (exact) mass is 393 g/mol. The fraction of sp³-hybridized carbons (Fsp3) is 0.333. The number of amides is 1. The molecule has 0 spiro atoms. The molecule has 0 unspecified atom stereocenters. The molecular formula is C21H23N5OS. The van der Waals surface area contributed by atoms with E-state index in [-0.39, 0.29) is 5.91 Å². The molecule has 4 rings (SSSR count). The van der Waals surface area contributed by atoms with Crippen LogP contribution in [-0.4, -0.2) is 37.5 Å². The molecule has 0 atom stereocenters. The van der Waals surface area contributed by atoms with Gasteiger partial charge in [-0.15, -0.1) is 10.2 Å². The SMILES string of the molecule is O=C(CSc1nnc(-c2ccncc2)n1-c1ccccc1)NC1CCCCC1. The van der Waals surface area contributed by atoms with Gasteiger partial charge in [0.2, 0.25) is 5.91 Å². The van der Waals surface area contributed by atoms with Crippen molar-refractivity contribution in [1.82, 2.24) is 25.1 Å². The van der Waals surface area contributed by atoms with E-state index in [0.29, 0.717) is 17.0 Å². The highest BCUT2D eigenvalue weighted by Crippen LogP contribution is 2.27. The molecule has 1 amide bonds. The van der Waals surface area contributed by atoms with E-state index in [2.05, 4.69) is 20.5 Å². The van der Waals surface area contributed by atoms with E-state index < -0.39 is 0 Å². The molecule has 6 nitrogen and oxygen atoms in total. The van der Waals surface area contributed by atoms with Crippen LogP contribution in [0.25, 0.3) is 17.1 Å². The van der Waals surface area contributed by atoms with Gasteiger partial charge in [-0.25, -0.2) is 0 Å². The Morgan fingerprint density at radius 1 is 1.04 bits per heavy atom. The minimum atomic E-state index is 0.0602. The first-order valence-corrected chi connectivity index (χ1v) is 10.6. The number of aromatic nitrogens is 4. The van der Waals surface area contributed by atoms with Crippen LogP contribution in [0.2, 0.25) is 0 Å². The van der Waals surface area contributed by atoms with Crippen molar-refractivity contribution >= 4 is 17.7 Å². The highest BCUT2D eigenvalue weighted by Gasteiger charge is 2.19. The predicted molar refractivity (Wildman–Crippen MR) is 110 cm³/mol. The van der Waals surface area contributed by atoms with Gasteiger partial charge < -0.3 is 5.32 Å². The van der Waals surface area contributed by atoms with Gasteiger partial charge in [-0.3, -0.25) is 14.3 Å². The summed E-state index contributed by atoms with van der Waals surface area (Å²) >= 11 is 1.42. The Morgan fingerprint density at radius 3 is 2.54 bits per heavy atom. The Hall–Kier alpha value is -2.67. The lowest BCUT2D eigenvalue weighted by Crippen LogP contribution is -2.37. The molecule has 1 aliphatic rings. The minimum Gasteiger partial charge on any atom is -0.353 e. The normalized spacial score (nSPS) is 14.7. The smallest absolute Gasteiger partial charge is 0.230 e. The molecule has 1 fully saturated rings. The van der Waals surface area contributed by atoms with Crippen molar-refractivity contribution in [2.24, 2.45) is 0 Å². The van der Waals surface area contributed by atoms with Crippen LogP contribution in [0.3, 0.4) is 0 Å². The first-order valence-electron chi connectivity index (χ1n) is 9.64. The third-order valence-electron chi connectivity index (χ3n) is 4.89. The second kappa shape index (κ2) is 9.01. The average Bonchev–Trinajstić information content (AvgIpc) is 3.18. The number of carbonyl (C=O) groups excluding carboxylic acids is 1. The lowest BCUT2D eigenvalue weighted by atomic mass is 9.95. The highest BCUT2D eigenvalue weighted by atomic mass is 32.2. The lowest BCUT2D eigenvalue weighted by molar-refractivity contribution is -0.119. The third kappa shape index (κ3) is 4.42. The molecule has 1 saturated carbocycles. The standard InChI is InChI=1S/C21H23N5OS/c27-19(23-17-7-3-1-4-8-17)15-28-21-25-24-20(16-11-13-22-14-12-16)26(21)18-9-5-2-6-10-18/h2,5-6,9-14,17H,1,3-4,7-8,15H2,(H,23,27). The molecule has 144 valence electrons. The molecule has 2 aromatic heterocycles. The predicted octanol–water partition coefficient (Wildman–Crippen LogP) is 3.87. The number of thioether (sulfide) groups is 1. The summed E-state index contributed by atoms with van der Waals surface area (Å²) in [4.78, 5) is 16.5. The zero-order chi connectivity index (χ0) is 19.2.